The molecule has 1 aromatic carbocycles. The first-order valence-electron chi connectivity index (χ1n) is 5.34. The van der Waals surface area contributed by atoms with Gasteiger partial charge in [-0.2, -0.15) is 0 Å². The molecule has 0 aliphatic carbocycles. The van der Waals surface area contributed by atoms with E-state index in [0.717, 1.165) is 12.3 Å². The number of rotatable bonds is 5. The molecule has 3 heteroatoms. The zero-order valence-electron chi connectivity index (χ0n) is 9.19. The quantitative estimate of drug-likeness (QED) is 0.589. The van der Waals surface area contributed by atoms with E-state index in [0.29, 0.717) is 12.7 Å². The summed E-state index contributed by atoms with van der Waals surface area (Å²) in [7, 11) is 0. The summed E-state index contributed by atoms with van der Waals surface area (Å²) in [5, 5.41) is 3.24. The first-order valence-corrected chi connectivity index (χ1v) is 5.34. The molecule has 2 rings (SSSR count). The smallest absolute Gasteiger partial charge is 0.135 e. The van der Waals surface area contributed by atoms with Crippen LogP contribution in [-0.2, 0) is 4.74 Å². The van der Waals surface area contributed by atoms with E-state index in [1.54, 1.807) is 0 Å². The van der Waals surface area contributed by atoms with Gasteiger partial charge in [-0.3, -0.25) is 5.32 Å². The predicted octanol–water partition coefficient (Wildman–Crippen LogP) is 1.71. The molecule has 82 valence electrons. The minimum atomic E-state index is 0.242. The molecular formula is C12H17NO2. The average Bonchev–Trinajstić information content (AvgIpc) is 2.92. The summed E-state index contributed by atoms with van der Waals surface area (Å²) >= 11 is 0. The van der Waals surface area contributed by atoms with Gasteiger partial charge in [-0.25, -0.2) is 0 Å². The minimum absolute atomic E-state index is 0.242. The topological polar surface area (TPSA) is 33.8 Å². The zero-order chi connectivity index (χ0) is 10.7. The van der Waals surface area contributed by atoms with Crippen LogP contribution in [0.5, 0.6) is 5.75 Å². The molecule has 0 spiro atoms. The Bertz CT molecular complexity index is 310. The Hall–Kier alpha value is -1.06. The number of epoxide rings is 1. The fourth-order valence-corrected chi connectivity index (χ4v) is 1.40. The standard InChI is InChI=1S/C12H17NO2/c1-9-3-5-11(6-4-9)14-8-7-13-12-10(2)15-12/h3-6,10,12-13H,7-8H2,1-2H3. The maximum absolute atomic E-state index is 5.56. The van der Waals surface area contributed by atoms with Crippen molar-refractivity contribution < 1.29 is 9.47 Å². The van der Waals surface area contributed by atoms with E-state index in [-0.39, 0.29) is 6.23 Å². The molecular weight excluding hydrogens is 190 g/mol. The third kappa shape index (κ3) is 3.22. The summed E-state index contributed by atoms with van der Waals surface area (Å²) in [5.74, 6) is 0.923. The van der Waals surface area contributed by atoms with Gasteiger partial charge in [0, 0.05) is 6.54 Å². The molecule has 1 saturated heterocycles. The molecule has 1 aliphatic heterocycles. The second-order valence-electron chi connectivity index (χ2n) is 3.88. The van der Waals surface area contributed by atoms with Gasteiger partial charge in [0.2, 0.25) is 0 Å². The first-order chi connectivity index (χ1) is 7.25. The van der Waals surface area contributed by atoms with E-state index in [1.165, 1.54) is 5.56 Å². The Morgan fingerprint density at radius 3 is 2.60 bits per heavy atom. The largest absolute Gasteiger partial charge is 0.492 e. The molecule has 0 saturated carbocycles. The van der Waals surface area contributed by atoms with Crippen molar-refractivity contribution in [2.45, 2.75) is 26.2 Å². The molecule has 2 atom stereocenters. The molecule has 1 aromatic rings. The third-order valence-corrected chi connectivity index (χ3v) is 2.45. The molecule has 3 nitrogen and oxygen atoms in total. The highest BCUT2D eigenvalue weighted by molar-refractivity contribution is 5.26. The first kappa shape index (κ1) is 10.5. The van der Waals surface area contributed by atoms with Gasteiger partial charge in [-0.1, -0.05) is 17.7 Å². The van der Waals surface area contributed by atoms with Crippen molar-refractivity contribution in [3.05, 3.63) is 29.8 Å². The van der Waals surface area contributed by atoms with Crippen LogP contribution in [0.2, 0.25) is 0 Å². The van der Waals surface area contributed by atoms with Gasteiger partial charge in [-0.15, -0.1) is 0 Å². The van der Waals surface area contributed by atoms with Crippen LogP contribution >= 0.6 is 0 Å². The van der Waals surface area contributed by atoms with Crippen molar-refractivity contribution >= 4 is 0 Å². The van der Waals surface area contributed by atoms with Crippen LogP contribution in [0, 0.1) is 6.92 Å². The van der Waals surface area contributed by atoms with E-state index in [4.69, 9.17) is 9.47 Å². The molecule has 15 heavy (non-hydrogen) atoms. The highest BCUT2D eigenvalue weighted by Gasteiger charge is 2.33. The SMILES string of the molecule is Cc1ccc(OCCNC2OC2C)cc1. The maximum Gasteiger partial charge on any atom is 0.135 e. The number of ether oxygens (including phenoxy) is 2. The number of aryl methyl sites for hydroxylation is 1. The monoisotopic (exact) mass is 207 g/mol. The molecule has 1 heterocycles. The van der Waals surface area contributed by atoms with Crippen LogP contribution in [0.15, 0.2) is 24.3 Å². The summed E-state index contributed by atoms with van der Waals surface area (Å²) in [6, 6.07) is 8.08. The Labute approximate surface area is 90.4 Å². The van der Waals surface area contributed by atoms with Crippen LogP contribution in [-0.4, -0.2) is 25.5 Å². The molecule has 0 amide bonds. The van der Waals surface area contributed by atoms with Gasteiger partial charge in [0.15, 0.2) is 0 Å². The Morgan fingerprint density at radius 2 is 2.00 bits per heavy atom. The Balaban J connectivity index is 1.63. The lowest BCUT2D eigenvalue weighted by molar-refractivity contribution is 0.291. The highest BCUT2D eigenvalue weighted by atomic mass is 16.6. The van der Waals surface area contributed by atoms with Crippen molar-refractivity contribution in [2.24, 2.45) is 0 Å². The molecule has 0 aromatic heterocycles. The number of hydrogen-bond donors (Lipinski definition) is 1. The minimum Gasteiger partial charge on any atom is -0.492 e. The lowest BCUT2D eigenvalue weighted by atomic mass is 10.2. The third-order valence-electron chi connectivity index (χ3n) is 2.45. The van der Waals surface area contributed by atoms with Gasteiger partial charge >= 0.3 is 0 Å². The van der Waals surface area contributed by atoms with Crippen molar-refractivity contribution in [1.82, 2.24) is 5.32 Å². The Kier molecular flexibility index (Phi) is 3.23. The van der Waals surface area contributed by atoms with Crippen LogP contribution < -0.4 is 10.1 Å². The fraction of sp³-hybridized carbons (Fsp3) is 0.500. The average molecular weight is 207 g/mol. The predicted molar refractivity (Wildman–Crippen MR) is 59.0 cm³/mol. The van der Waals surface area contributed by atoms with Gasteiger partial charge in [0.25, 0.3) is 0 Å². The van der Waals surface area contributed by atoms with E-state index >= 15 is 0 Å². The number of benzene rings is 1. The molecule has 1 N–H and O–H groups in total. The van der Waals surface area contributed by atoms with E-state index < -0.39 is 0 Å². The van der Waals surface area contributed by atoms with Crippen molar-refractivity contribution in [3.8, 4) is 5.75 Å². The summed E-state index contributed by atoms with van der Waals surface area (Å²) in [6.07, 6.45) is 0.607. The molecule has 1 fully saturated rings. The normalized spacial score (nSPS) is 23.9. The molecule has 2 unspecified atom stereocenters. The van der Waals surface area contributed by atoms with Gasteiger partial charge in [0.1, 0.15) is 18.6 Å². The number of hydrogen-bond acceptors (Lipinski definition) is 3. The summed E-state index contributed by atoms with van der Waals surface area (Å²) in [5.41, 5.74) is 1.25. The van der Waals surface area contributed by atoms with E-state index in [2.05, 4.69) is 31.3 Å². The summed E-state index contributed by atoms with van der Waals surface area (Å²) in [6.45, 7) is 5.62. The van der Waals surface area contributed by atoms with Crippen LogP contribution in [0.4, 0.5) is 0 Å². The molecule has 0 radical (unpaired) electrons. The van der Waals surface area contributed by atoms with E-state index in [1.807, 2.05) is 12.1 Å². The second kappa shape index (κ2) is 4.64. The Morgan fingerprint density at radius 1 is 1.33 bits per heavy atom. The van der Waals surface area contributed by atoms with Crippen LogP contribution in [0.3, 0.4) is 0 Å². The highest BCUT2D eigenvalue weighted by Crippen LogP contribution is 2.17. The fourth-order valence-electron chi connectivity index (χ4n) is 1.40. The van der Waals surface area contributed by atoms with Crippen molar-refractivity contribution in [2.75, 3.05) is 13.2 Å². The maximum atomic E-state index is 5.56. The van der Waals surface area contributed by atoms with Gasteiger partial charge in [0.05, 0.1) is 6.10 Å². The van der Waals surface area contributed by atoms with Gasteiger partial charge < -0.3 is 9.47 Å². The lowest BCUT2D eigenvalue weighted by Gasteiger charge is -2.06. The summed E-state index contributed by atoms with van der Waals surface area (Å²) < 4.78 is 10.8. The van der Waals surface area contributed by atoms with Crippen LogP contribution in [0.1, 0.15) is 12.5 Å². The zero-order valence-corrected chi connectivity index (χ0v) is 9.19. The van der Waals surface area contributed by atoms with Crippen LogP contribution in [0.25, 0.3) is 0 Å². The van der Waals surface area contributed by atoms with E-state index in [9.17, 15) is 0 Å². The number of nitrogens with one attached hydrogen (secondary N) is 1. The lowest BCUT2D eigenvalue weighted by Crippen LogP contribution is -2.24. The van der Waals surface area contributed by atoms with Gasteiger partial charge in [-0.05, 0) is 26.0 Å². The molecule has 1 aliphatic rings. The second-order valence-corrected chi connectivity index (χ2v) is 3.88. The summed E-state index contributed by atoms with van der Waals surface area (Å²) in [4.78, 5) is 0. The van der Waals surface area contributed by atoms with Crippen molar-refractivity contribution in [1.29, 1.82) is 0 Å². The molecule has 0 bridgehead atoms. The van der Waals surface area contributed by atoms with Crippen molar-refractivity contribution in [3.63, 3.8) is 0 Å².